The Morgan fingerprint density at radius 1 is 0.302 bits per heavy atom. The molecule has 96 heavy (non-hydrogen) atoms. The number of hydrogen-bond acceptors (Lipinski definition) is 15. The molecule has 0 aromatic heterocycles. The molecule has 0 bridgehead atoms. The van der Waals surface area contributed by atoms with Crippen LogP contribution in [0, 0.1) is 0 Å². The summed E-state index contributed by atoms with van der Waals surface area (Å²) in [4.78, 5) is 72.7. The standard InChI is InChI=1S/C77H132O17P2/c1-5-9-13-17-21-25-29-32-34-35-37-40-43-46-50-54-58-62-75(80)88-68-73(94-77(82)64-60-56-52-48-44-38-31-27-23-19-15-11-7-3)70-92-96(85,86)90-66-71(78)65-89-95(83,84)91-69-72(93-76(81)63-59-55-51-47-41-28-24-20-16-12-8-4)67-87-74(79)61-57-53-49-45-42-39-36-33-30-26-22-18-14-10-6-2/h9,13,15,19-21,24-25,27,31-34,36-37,40,46,50,71-73,78H,5-8,10-12,14,16-18,22-23,26,28-30,35,38-39,41-45,47-49,51-70H2,1-4H3,(H,83,84)(H,85,86)/b13-9-,19-15-,24-20-,25-21-,31-27-,34-32-,36-33-,40-37-,50-46-. The Morgan fingerprint density at radius 2 is 0.583 bits per heavy atom. The number of carbonyl (C=O) groups is 4. The summed E-state index contributed by atoms with van der Waals surface area (Å²) in [5.41, 5.74) is 0. The van der Waals surface area contributed by atoms with E-state index in [1.165, 1.54) is 51.4 Å². The van der Waals surface area contributed by atoms with Crippen LogP contribution in [0.4, 0.5) is 0 Å². The largest absolute Gasteiger partial charge is 0.472 e. The molecule has 3 N–H and O–H groups in total. The molecule has 0 heterocycles. The fourth-order valence-corrected chi connectivity index (χ4v) is 11.1. The Balaban J connectivity index is 5.38. The SMILES string of the molecule is CC/C=C\C/C=C\C/C=C\C/C=C\C/C=C\CCCC(=O)OCC(COP(=O)(O)OCC(O)COP(=O)(O)OCC(COC(=O)CCCCCCC/C=C\CCCCCCCC)OC(=O)CCCCCCC/C=C\CCCC)OC(=O)CCCCCCC/C=C\C/C=C\CCC. The van der Waals surface area contributed by atoms with Gasteiger partial charge in [-0.1, -0.05) is 246 Å². The minimum atomic E-state index is -4.99. The quantitative estimate of drug-likeness (QED) is 0.0169. The Labute approximate surface area is 581 Å². The smallest absolute Gasteiger partial charge is 0.462 e. The van der Waals surface area contributed by atoms with E-state index in [0.717, 1.165) is 161 Å². The van der Waals surface area contributed by atoms with E-state index < -0.39 is 97.5 Å². The highest BCUT2D eigenvalue weighted by Gasteiger charge is 2.30. The maximum Gasteiger partial charge on any atom is 0.472 e. The lowest BCUT2D eigenvalue weighted by Gasteiger charge is -2.21. The number of carbonyl (C=O) groups excluding carboxylic acids is 4. The summed E-state index contributed by atoms with van der Waals surface area (Å²) in [5.74, 6) is -2.27. The molecule has 0 amide bonds. The van der Waals surface area contributed by atoms with Gasteiger partial charge >= 0.3 is 39.5 Å². The average molecular weight is 1390 g/mol. The Hall–Kier alpha value is -4.28. The van der Waals surface area contributed by atoms with Crippen molar-refractivity contribution in [3.05, 3.63) is 109 Å². The second-order valence-electron chi connectivity index (χ2n) is 24.5. The topological polar surface area (TPSA) is 237 Å². The van der Waals surface area contributed by atoms with Gasteiger partial charge in [0.25, 0.3) is 0 Å². The van der Waals surface area contributed by atoms with E-state index >= 15 is 0 Å². The highest BCUT2D eigenvalue weighted by molar-refractivity contribution is 7.47. The van der Waals surface area contributed by atoms with E-state index in [-0.39, 0.29) is 25.7 Å². The molecule has 0 aliphatic rings. The number of phosphoric ester groups is 2. The number of unbranched alkanes of at least 4 members (excludes halogenated alkanes) is 25. The first-order valence-electron chi connectivity index (χ1n) is 37.1. The zero-order valence-electron chi connectivity index (χ0n) is 60.0. The third kappa shape index (κ3) is 68.3. The maximum atomic E-state index is 13.0. The number of aliphatic hydroxyl groups excluding tert-OH is 1. The number of rotatable bonds is 69. The van der Waals surface area contributed by atoms with Gasteiger partial charge in [0.15, 0.2) is 12.2 Å². The molecule has 19 heteroatoms. The van der Waals surface area contributed by atoms with Crippen LogP contribution in [0.25, 0.3) is 0 Å². The van der Waals surface area contributed by atoms with Crippen molar-refractivity contribution in [2.45, 2.75) is 316 Å². The molecule has 0 aromatic carbocycles. The molecule has 5 atom stereocenters. The van der Waals surface area contributed by atoms with Crippen LogP contribution in [0.2, 0.25) is 0 Å². The summed E-state index contributed by atoms with van der Waals surface area (Å²) < 4.78 is 68.3. The third-order valence-corrected chi connectivity index (χ3v) is 17.1. The van der Waals surface area contributed by atoms with Gasteiger partial charge in [0, 0.05) is 25.7 Å². The summed E-state index contributed by atoms with van der Waals surface area (Å²) in [7, 11) is -9.96. The first-order chi connectivity index (χ1) is 46.7. The molecule has 0 rings (SSSR count). The van der Waals surface area contributed by atoms with Gasteiger partial charge in [0.2, 0.25) is 0 Å². The van der Waals surface area contributed by atoms with Crippen molar-refractivity contribution < 1.29 is 80.2 Å². The molecule has 17 nitrogen and oxygen atoms in total. The minimum absolute atomic E-state index is 0.0647. The van der Waals surface area contributed by atoms with E-state index in [1.54, 1.807) is 0 Å². The Bertz CT molecular complexity index is 2250. The zero-order chi connectivity index (χ0) is 70.4. The molecule has 0 spiro atoms. The highest BCUT2D eigenvalue weighted by atomic mass is 31.2. The number of allylic oxidation sites excluding steroid dienone is 18. The van der Waals surface area contributed by atoms with Crippen molar-refractivity contribution in [3.8, 4) is 0 Å². The lowest BCUT2D eigenvalue weighted by atomic mass is 10.1. The molecule has 0 aliphatic carbocycles. The normalized spacial score (nSPS) is 14.6. The fraction of sp³-hybridized carbons (Fsp3) is 0.714. The predicted octanol–water partition coefficient (Wildman–Crippen LogP) is 21.0. The van der Waals surface area contributed by atoms with Crippen molar-refractivity contribution in [3.63, 3.8) is 0 Å². The second-order valence-corrected chi connectivity index (χ2v) is 27.4. The van der Waals surface area contributed by atoms with Crippen LogP contribution in [0.5, 0.6) is 0 Å². The fourth-order valence-electron chi connectivity index (χ4n) is 9.50. The van der Waals surface area contributed by atoms with Gasteiger partial charge in [-0.2, -0.15) is 0 Å². The van der Waals surface area contributed by atoms with Crippen LogP contribution in [0.15, 0.2) is 109 Å². The Kier molecular flexibility index (Phi) is 66.1. The van der Waals surface area contributed by atoms with Gasteiger partial charge in [0.05, 0.1) is 26.4 Å². The van der Waals surface area contributed by atoms with Crippen LogP contribution in [-0.2, 0) is 65.4 Å². The lowest BCUT2D eigenvalue weighted by Crippen LogP contribution is -2.30. The van der Waals surface area contributed by atoms with Gasteiger partial charge in [0.1, 0.15) is 19.3 Å². The van der Waals surface area contributed by atoms with Crippen LogP contribution >= 0.6 is 15.6 Å². The van der Waals surface area contributed by atoms with E-state index in [2.05, 4.69) is 125 Å². The van der Waals surface area contributed by atoms with Gasteiger partial charge in [-0.15, -0.1) is 0 Å². The molecule has 0 fully saturated rings. The predicted molar refractivity (Wildman–Crippen MR) is 390 cm³/mol. The molecule has 0 saturated carbocycles. The number of phosphoric acid groups is 2. The van der Waals surface area contributed by atoms with Crippen LogP contribution in [0.1, 0.15) is 297 Å². The van der Waals surface area contributed by atoms with Gasteiger partial charge in [-0.3, -0.25) is 37.3 Å². The number of hydrogen-bond donors (Lipinski definition) is 3. The molecular weight excluding hydrogens is 1260 g/mol. The first-order valence-corrected chi connectivity index (χ1v) is 40.1. The van der Waals surface area contributed by atoms with Crippen molar-refractivity contribution in [1.82, 2.24) is 0 Å². The summed E-state index contributed by atoms with van der Waals surface area (Å²) in [6.07, 6.45) is 72.4. The van der Waals surface area contributed by atoms with E-state index in [1.807, 2.05) is 12.2 Å². The maximum absolute atomic E-state index is 13.0. The zero-order valence-corrected chi connectivity index (χ0v) is 61.8. The third-order valence-electron chi connectivity index (χ3n) is 15.2. The lowest BCUT2D eigenvalue weighted by molar-refractivity contribution is -0.161. The van der Waals surface area contributed by atoms with E-state index in [9.17, 15) is 43.2 Å². The minimum Gasteiger partial charge on any atom is -0.462 e. The van der Waals surface area contributed by atoms with Crippen LogP contribution < -0.4 is 0 Å². The molecule has 5 unspecified atom stereocenters. The summed E-state index contributed by atoms with van der Waals surface area (Å²) in [5, 5.41) is 10.6. The molecule has 0 aromatic rings. The van der Waals surface area contributed by atoms with E-state index in [0.29, 0.717) is 32.1 Å². The second kappa shape index (κ2) is 69.2. The summed E-state index contributed by atoms with van der Waals surface area (Å²) in [6, 6.07) is 0. The summed E-state index contributed by atoms with van der Waals surface area (Å²) in [6.45, 7) is 4.54. The molecule has 552 valence electrons. The van der Waals surface area contributed by atoms with Crippen molar-refractivity contribution in [2.75, 3.05) is 39.6 Å². The van der Waals surface area contributed by atoms with E-state index in [4.69, 9.17) is 37.0 Å². The Morgan fingerprint density at radius 3 is 0.958 bits per heavy atom. The van der Waals surface area contributed by atoms with Crippen LogP contribution in [-0.4, -0.2) is 96.7 Å². The molecular formula is C77H132O17P2. The number of ether oxygens (including phenoxy) is 4. The monoisotopic (exact) mass is 1390 g/mol. The van der Waals surface area contributed by atoms with Crippen molar-refractivity contribution in [2.24, 2.45) is 0 Å². The van der Waals surface area contributed by atoms with Gasteiger partial charge < -0.3 is 33.8 Å². The molecule has 0 saturated heterocycles. The summed E-state index contributed by atoms with van der Waals surface area (Å²) >= 11 is 0. The first kappa shape index (κ1) is 91.7. The van der Waals surface area contributed by atoms with Crippen molar-refractivity contribution >= 4 is 39.5 Å². The number of esters is 4. The van der Waals surface area contributed by atoms with Gasteiger partial charge in [-0.05, 0) is 135 Å². The highest BCUT2D eigenvalue weighted by Crippen LogP contribution is 2.45. The van der Waals surface area contributed by atoms with Gasteiger partial charge in [-0.25, -0.2) is 9.13 Å². The molecule has 0 radical (unpaired) electrons. The average Bonchev–Trinajstić information content (AvgIpc) is 1.17. The molecule has 0 aliphatic heterocycles. The number of aliphatic hydroxyl groups is 1. The van der Waals surface area contributed by atoms with Crippen molar-refractivity contribution in [1.29, 1.82) is 0 Å². The van der Waals surface area contributed by atoms with Crippen LogP contribution in [0.3, 0.4) is 0 Å².